The minimum absolute atomic E-state index is 0.261. The molecule has 0 amide bonds. The van der Waals surface area contributed by atoms with E-state index in [2.05, 4.69) is 20.9 Å². The van der Waals surface area contributed by atoms with Crippen molar-refractivity contribution < 1.29 is 4.74 Å². The van der Waals surface area contributed by atoms with E-state index in [0.717, 1.165) is 10.0 Å². The van der Waals surface area contributed by atoms with Gasteiger partial charge in [0, 0.05) is 4.47 Å². The molecule has 2 aromatic rings. The van der Waals surface area contributed by atoms with E-state index in [-0.39, 0.29) is 5.88 Å². The van der Waals surface area contributed by atoms with Gasteiger partial charge in [0.15, 0.2) is 0 Å². The zero-order chi connectivity index (χ0) is 13.1. The van der Waals surface area contributed by atoms with Crippen molar-refractivity contribution in [3.05, 3.63) is 46.1 Å². The van der Waals surface area contributed by atoms with Crippen LogP contribution in [0, 0.1) is 18.3 Å². The summed E-state index contributed by atoms with van der Waals surface area (Å²) in [6.45, 7) is 1.92. The Kier molecular flexibility index (Phi) is 3.49. The van der Waals surface area contributed by atoms with Gasteiger partial charge in [-0.25, -0.2) is 4.98 Å². The number of nitrogens with two attached hydrogens (primary N) is 1. The van der Waals surface area contributed by atoms with Crippen LogP contribution in [0.25, 0.3) is 0 Å². The summed E-state index contributed by atoms with van der Waals surface area (Å²) in [6.07, 6.45) is 1.46. The number of hydrogen-bond acceptors (Lipinski definition) is 4. The monoisotopic (exact) mass is 303 g/mol. The summed E-state index contributed by atoms with van der Waals surface area (Å²) in [5.74, 6) is 0.920. The molecule has 2 rings (SSSR count). The van der Waals surface area contributed by atoms with Crippen LogP contribution in [-0.2, 0) is 0 Å². The number of hydrogen-bond donors (Lipinski definition) is 1. The molecular formula is C13H10BrN3O. The van der Waals surface area contributed by atoms with Gasteiger partial charge in [-0.3, -0.25) is 0 Å². The molecule has 4 nitrogen and oxygen atoms in total. The Balaban J connectivity index is 2.37. The summed E-state index contributed by atoms with van der Waals surface area (Å²) in [5, 5.41) is 9.00. The van der Waals surface area contributed by atoms with E-state index in [4.69, 9.17) is 15.7 Å². The van der Waals surface area contributed by atoms with E-state index in [9.17, 15) is 0 Å². The van der Waals surface area contributed by atoms with E-state index in [1.807, 2.05) is 31.2 Å². The molecule has 0 radical (unpaired) electrons. The summed E-state index contributed by atoms with van der Waals surface area (Å²) >= 11 is 3.38. The molecule has 5 heteroatoms. The second-order valence-electron chi connectivity index (χ2n) is 3.75. The van der Waals surface area contributed by atoms with Crippen molar-refractivity contribution in [3.63, 3.8) is 0 Å². The third-order valence-corrected chi connectivity index (χ3v) is 2.83. The number of nitrogens with zero attached hydrogens (tertiary/aromatic N) is 2. The lowest BCUT2D eigenvalue weighted by Gasteiger charge is -2.09. The van der Waals surface area contributed by atoms with Crippen LogP contribution < -0.4 is 10.5 Å². The number of benzene rings is 1. The maximum absolute atomic E-state index is 9.00. The number of pyridine rings is 1. The average molecular weight is 304 g/mol. The average Bonchev–Trinajstić information content (AvgIpc) is 2.34. The fourth-order valence-electron chi connectivity index (χ4n) is 1.46. The molecule has 0 spiro atoms. The van der Waals surface area contributed by atoms with Gasteiger partial charge < -0.3 is 10.5 Å². The third kappa shape index (κ3) is 2.60. The largest absolute Gasteiger partial charge is 0.437 e. The minimum Gasteiger partial charge on any atom is -0.437 e. The zero-order valence-corrected chi connectivity index (χ0v) is 11.2. The van der Waals surface area contributed by atoms with Crippen LogP contribution >= 0.6 is 15.9 Å². The summed E-state index contributed by atoms with van der Waals surface area (Å²) in [4.78, 5) is 4.03. The number of nitrogen functional groups attached to an aromatic ring is 1. The Morgan fingerprint density at radius 1 is 1.39 bits per heavy atom. The van der Waals surface area contributed by atoms with Gasteiger partial charge in [0.1, 0.15) is 17.4 Å². The maximum Gasteiger partial charge on any atom is 0.237 e. The first-order chi connectivity index (χ1) is 8.60. The first-order valence-electron chi connectivity index (χ1n) is 5.20. The van der Waals surface area contributed by atoms with Crippen molar-refractivity contribution in [2.45, 2.75) is 6.92 Å². The molecule has 0 aliphatic rings. The van der Waals surface area contributed by atoms with Crippen LogP contribution in [0.15, 0.2) is 34.9 Å². The van der Waals surface area contributed by atoms with E-state index in [1.54, 1.807) is 0 Å². The van der Waals surface area contributed by atoms with Crippen LogP contribution in [0.2, 0.25) is 0 Å². The SMILES string of the molecule is Cc1cc(Br)ccc1Oc1ncc(N)cc1C#N. The van der Waals surface area contributed by atoms with Gasteiger partial charge in [-0.2, -0.15) is 5.26 Å². The van der Waals surface area contributed by atoms with Crippen molar-refractivity contribution in [1.29, 1.82) is 5.26 Å². The molecule has 0 atom stereocenters. The van der Waals surface area contributed by atoms with E-state index < -0.39 is 0 Å². The van der Waals surface area contributed by atoms with E-state index in [0.29, 0.717) is 17.0 Å². The van der Waals surface area contributed by atoms with Crippen molar-refractivity contribution >= 4 is 21.6 Å². The van der Waals surface area contributed by atoms with Gasteiger partial charge in [0.25, 0.3) is 0 Å². The molecule has 0 unspecified atom stereocenters. The van der Waals surface area contributed by atoms with E-state index >= 15 is 0 Å². The number of halogens is 1. The third-order valence-electron chi connectivity index (χ3n) is 2.34. The fourth-order valence-corrected chi connectivity index (χ4v) is 1.94. The standard InChI is InChI=1S/C13H10BrN3O/c1-8-4-10(14)2-3-12(8)18-13-9(6-15)5-11(16)7-17-13/h2-5,7H,16H2,1H3. The second kappa shape index (κ2) is 5.07. The lowest BCUT2D eigenvalue weighted by molar-refractivity contribution is 0.458. The molecule has 1 aromatic carbocycles. The van der Waals surface area contributed by atoms with Crippen LogP contribution in [0.4, 0.5) is 5.69 Å². The molecule has 2 N–H and O–H groups in total. The normalized spacial score (nSPS) is 9.83. The van der Waals surface area contributed by atoms with Crippen molar-refractivity contribution in [3.8, 4) is 17.7 Å². The first kappa shape index (κ1) is 12.4. The highest BCUT2D eigenvalue weighted by Gasteiger charge is 2.08. The zero-order valence-electron chi connectivity index (χ0n) is 9.64. The van der Waals surface area contributed by atoms with Gasteiger partial charge in [-0.1, -0.05) is 15.9 Å². The molecule has 0 bridgehead atoms. The highest BCUT2D eigenvalue weighted by molar-refractivity contribution is 9.10. The number of rotatable bonds is 2. The van der Waals surface area contributed by atoms with Crippen molar-refractivity contribution in [2.75, 3.05) is 5.73 Å². The van der Waals surface area contributed by atoms with Gasteiger partial charge >= 0.3 is 0 Å². The highest BCUT2D eigenvalue weighted by Crippen LogP contribution is 2.28. The molecule has 0 saturated carbocycles. The Morgan fingerprint density at radius 2 is 2.17 bits per heavy atom. The Morgan fingerprint density at radius 3 is 2.83 bits per heavy atom. The molecule has 1 heterocycles. The van der Waals surface area contributed by atoms with Gasteiger partial charge in [0.05, 0.1) is 11.9 Å². The van der Waals surface area contributed by atoms with Crippen LogP contribution in [0.3, 0.4) is 0 Å². The molecule has 0 aliphatic heterocycles. The summed E-state index contributed by atoms with van der Waals surface area (Å²) in [6, 6.07) is 9.16. The number of ether oxygens (including phenoxy) is 1. The molecule has 0 aliphatic carbocycles. The van der Waals surface area contributed by atoms with Gasteiger partial charge in [-0.05, 0) is 36.8 Å². The summed E-state index contributed by atoms with van der Waals surface area (Å²) in [5.41, 5.74) is 7.28. The predicted octanol–water partition coefficient (Wildman–Crippen LogP) is 3.40. The Labute approximate surface area is 113 Å². The lowest BCUT2D eigenvalue weighted by atomic mass is 10.2. The Hall–Kier alpha value is -2.06. The number of anilines is 1. The van der Waals surface area contributed by atoms with Gasteiger partial charge in [0.2, 0.25) is 5.88 Å². The van der Waals surface area contributed by atoms with Crippen molar-refractivity contribution in [1.82, 2.24) is 4.98 Å². The Bertz CT molecular complexity index is 635. The predicted molar refractivity (Wildman–Crippen MR) is 72.3 cm³/mol. The topological polar surface area (TPSA) is 71.9 Å². The second-order valence-corrected chi connectivity index (χ2v) is 4.66. The van der Waals surface area contributed by atoms with Crippen LogP contribution in [0.5, 0.6) is 11.6 Å². The first-order valence-corrected chi connectivity index (χ1v) is 5.99. The molecule has 90 valence electrons. The quantitative estimate of drug-likeness (QED) is 0.923. The molecular weight excluding hydrogens is 294 g/mol. The number of nitriles is 1. The molecule has 0 fully saturated rings. The molecule has 18 heavy (non-hydrogen) atoms. The van der Waals surface area contributed by atoms with E-state index in [1.165, 1.54) is 12.3 Å². The smallest absolute Gasteiger partial charge is 0.237 e. The van der Waals surface area contributed by atoms with Gasteiger partial charge in [-0.15, -0.1) is 0 Å². The molecule has 1 aromatic heterocycles. The van der Waals surface area contributed by atoms with Crippen LogP contribution in [-0.4, -0.2) is 4.98 Å². The van der Waals surface area contributed by atoms with Crippen LogP contribution in [0.1, 0.15) is 11.1 Å². The lowest BCUT2D eigenvalue weighted by Crippen LogP contribution is -1.96. The number of aryl methyl sites for hydroxylation is 1. The summed E-state index contributed by atoms with van der Waals surface area (Å²) in [7, 11) is 0. The maximum atomic E-state index is 9.00. The number of aromatic nitrogens is 1. The fraction of sp³-hybridized carbons (Fsp3) is 0.0769. The minimum atomic E-state index is 0.261. The summed E-state index contributed by atoms with van der Waals surface area (Å²) < 4.78 is 6.60. The molecule has 0 saturated heterocycles. The van der Waals surface area contributed by atoms with Crippen molar-refractivity contribution in [2.24, 2.45) is 0 Å². The highest BCUT2D eigenvalue weighted by atomic mass is 79.9.